The highest BCUT2D eigenvalue weighted by atomic mass is 32.2. The molecule has 0 N–H and O–H groups in total. The van der Waals surface area contributed by atoms with Gasteiger partial charge in [-0.25, -0.2) is 9.37 Å². The molecule has 1 heterocycles. The molecule has 0 bridgehead atoms. The van der Waals surface area contributed by atoms with Crippen LogP contribution in [-0.4, -0.2) is 53.9 Å². The Labute approximate surface area is 228 Å². The maximum atomic E-state index is 13.2. The topological polar surface area (TPSA) is 73.7 Å². The number of unbranched alkanes of at least 4 members (excludes halogenated alkanes) is 1. The van der Waals surface area contributed by atoms with E-state index in [1.165, 1.54) is 23.9 Å². The second kappa shape index (κ2) is 14.0. The highest BCUT2D eigenvalue weighted by molar-refractivity contribution is 7.99. The minimum atomic E-state index is -0.300. The number of rotatable bonds is 13. The first kappa shape index (κ1) is 29.2. The summed E-state index contributed by atoms with van der Waals surface area (Å²) >= 11 is 1.52. The molecule has 0 aliphatic carbocycles. The van der Waals surface area contributed by atoms with Crippen molar-refractivity contribution in [1.82, 2.24) is 14.5 Å². The summed E-state index contributed by atoms with van der Waals surface area (Å²) in [6, 6.07) is 12.0. The quantitative estimate of drug-likeness (QED) is 0.176. The Morgan fingerprint density at radius 1 is 1.05 bits per heavy atom. The summed E-state index contributed by atoms with van der Waals surface area (Å²) in [5.74, 6) is 1.94. The molecule has 9 heteroatoms. The van der Waals surface area contributed by atoms with E-state index in [9.17, 15) is 14.0 Å². The molecule has 0 aliphatic heterocycles. The van der Waals surface area contributed by atoms with Crippen LogP contribution >= 0.6 is 11.8 Å². The molecule has 1 amide bonds. The molecule has 0 radical (unpaired) electrons. The fourth-order valence-electron chi connectivity index (χ4n) is 4.06. The van der Waals surface area contributed by atoms with Gasteiger partial charge in [0.2, 0.25) is 5.91 Å². The van der Waals surface area contributed by atoms with Crippen LogP contribution in [0.3, 0.4) is 0 Å². The Balaban J connectivity index is 1.44. The van der Waals surface area contributed by atoms with E-state index >= 15 is 0 Å². The van der Waals surface area contributed by atoms with Crippen LogP contribution in [0.2, 0.25) is 0 Å². The highest BCUT2D eigenvalue weighted by Gasteiger charge is 2.14. The van der Waals surface area contributed by atoms with E-state index in [1.54, 1.807) is 42.9 Å². The van der Waals surface area contributed by atoms with Gasteiger partial charge in [-0.15, -0.1) is 0 Å². The van der Waals surface area contributed by atoms with Gasteiger partial charge in [-0.1, -0.05) is 30.0 Å². The lowest BCUT2D eigenvalue weighted by atomic mass is 10.1. The number of benzene rings is 2. The number of aromatic nitrogens is 2. The molecular weight excluding hydrogens is 505 g/mol. The Morgan fingerprint density at radius 3 is 2.42 bits per heavy atom. The highest BCUT2D eigenvalue weighted by Crippen LogP contribution is 2.27. The molecular formula is C29H36FN3O4S. The van der Waals surface area contributed by atoms with E-state index < -0.39 is 0 Å². The number of hydrogen-bond acceptors (Lipinski definition) is 6. The molecule has 0 saturated heterocycles. The first-order valence-corrected chi connectivity index (χ1v) is 13.6. The predicted molar refractivity (Wildman–Crippen MR) is 149 cm³/mol. The van der Waals surface area contributed by atoms with Crippen LogP contribution in [0.5, 0.6) is 11.5 Å². The molecule has 0 aliphatic rings. The summed E-state index contributed by atoms with van der Waals surface area (Å²) in [6.07, 6.45) is 3.23. The van der Waals surface area contributed by atoms with E-state index in [0.29, 0.717) is 47.3 Å². The fraction of sp³-hybridized carbons (Fsp3) is 0.414. The molecule has 204 valence electrons. The Hall–Kier alpha value is -3.33. The number of methoxy groups -OCH3 is 2. The molecule has 3 rings (SSSR count). The lowest BCUT2D eigenvalue weighted by Gasteiger charge is -2.18. The van der Waals surface area contributed by atoms with Crippen LogP contribution in [-0.2, 0) is 24.7 Å². The molecule has 1 aromatic heterocycles. The predicted octanol–water partition coefficient (Wildman–Crippen LogP) is 4.80. The number of aryl methyl sites for hydroxylation is 1. The van der Waals surface area contributed by atoms with E-state index in [-0.39, 0.29) is 17.3 Å². The molecule has 0 spiro atoms. The Kier molecular flexibility index (Phi) is 10.8. The SMILES string of the molecule is COc1ccc(CCN(C)C(=O)CCCCSc2nc(C)c(Cc3ccc(F)cc3)c(=O)n2C)cc1OC. The third kappa shape index (κ3) is 7.84. The molecule has 0 unspecified atom stereocenters. The second-order valence-electron chi connectivity index (χ2n) is 9.19. The number of amides is 1. The van der Waals surface area contributed by atoms with Crippen LogP contribution in [0, 0.1) is 12.7 Å². The van der Waals surface area contributed by atoms with Gasteiger partial charge in [0.05, 0.1) is 14.2 Å². The van der Waals surface area contributed by atoms with E-state index in [1.807, 2.05) is 32.2 Å². The summed E-state index contributed by atoms with van der Waals surface area (Å²) in [6.45, 7) is 2.46. The van der Waals surface area contributed by atoms with Crippen molar-refractivity contribution in [3.05, 3.63) is 81.0 Å². The van der Waals surface area contributed by atoms with Crippen molar-refractivity contribution in [2.75, 3.05) is 33.6 Å². The fourth-order valence-corrected chi connectivity index (χ4v) is 5.07. The van der Waals surface area contributed by atoms with Crippen molar-refractivity contribution >= 4 is 17.7 Å². The van der Waals surface area contributed by atoms with Gasteiger partial charge in [0.1, 0.15) is 5.82 Å². The number of thioether (sulfide) groups is 1. The summed E-state index contributed by atoms with van der Waals surface area (Å²) < 4.78 is 25.4. The van der Waals surface area contributed by atoms with Gasteiger partial charge in [0.15, 0.2) is 16.7 Å². The minimum absolute atomic E-state index is 0.0874. The van der Waals surface area contributed by atoms with E-state index in [4.69, 9.17) is 9.47 Å². The van der Waals surface area contributed by atoms with Crippen LogP contribution in [0.4, 0.5) is 4.39 Å². The van der Waals surface area contributed by atoms with Gasteiger partial charge in [-0.2, -0.15) is 0 Å². The van der Waals surface area contributed by atoms with Gasteiger partial charge in [-0.3, -0.25) is 14.2 Å². The normalized spacial score (nSPS) is 10.9. The number of ether oxygens (including phenoxy) is 2. The van der Waals surface area contributed by atoms with Crippen LogP contribution < -0.4 is 15.0 Å². The molecule has 2 aromatic carbocycles. The Morgan fingerprint density at radius 2 is 1.74 bits per heavy atom. The third-order valence-corrected chi connectivity index (χ3v) is 7.59. The zero-order chi connectivity index (χ0) is 27.7. The number of nitrogens with zero attached hydrogens (tertiary/aromatic N) is 3. The van der Waals surface area contributed by atoms with Crippen LogP contribution in [0.25, 0.3) is 0 Å². The monoisotopic (exact) mass is 541 g/mol. The van der Waals surface area contributed by atoms with Gasteiger partial charge in [-0.05, 0) is 61.6 Å². The average molecular weight is 542 g/mol. The average Bonchev–Trinajstić information content (AvgIpc) is 2.92. The summed E-state index contributed by atoms with van der Waals surface area (Å²) in [5, 5.41) is 0.661. The number of hydrogen-bond donors (Lipinski definition) is 0. The van der Waals surface area contributed by atoms with Crippen molar-refractivity contribution < 1.29 is 18.7 Å². The molecule has 0 atom stereocenters. The molecule has 0 saturated carbocycles. The van der Waals surface area contributed by atoms with Gasteiger partial charge in [0.25, 0.3) is 5.56 Å². The van der Waals surface area contributed by atoms with Crippen molar-refractivity contribution in [3.63, 3.8) is 0 Å². The van der Waals surface area contributed by atoms with Crippen molar-refractivity contribution in [2.24, 2.45) is 7.05 Å². The molecule has 38 heavy (non-hydrogen) atoms. The number of carbonyl (C=O) groups is 1. The second-order valence-corrected chi connectivity index (χ2v) is 10.2. The minimum Gasteiger partial charge on any atom is -0.493 e. The summed E-state index contributed by atoms with van der Waals surface area (Å²) in [4.78, 5) is 31.9. The number of likely N-dealkylation sites (N-methyl/N-ethyl adjacent to an activating group) is 1. The molecule has 0 fully saturated rings. The third-order valence-electron chi connectivity index (χ3n) is 6.47. The van der Waals surface area contributed by atoms with Gasteiger partial charge >= 0.3 is 0 Å². The summed E-state index contributed by atoms with van der Waals surface area (Å²) in [7, 11) is 6.77. The molecule has 3 aromatic rings. The van der Waals surface area contributed by atoms with Crippen molar-refractivity contribution in [3.8, 4) is 11.5 Å². The van der Waals surface area contributed by atoms with E-state index in [2.05, 4.69) is 4.98 Å². The largest absolute Gasteiger partial charge is 0.493 e. The maximum absolute atomic E-state index is 13.2. The van der Waals surface area contributed by atoms with Crippen LogP contribution in [0.1, 0.15) is 41.6 Å². The lowest BCUT2D eigenvalue weighted by Crippen LogP contribution is -2.28. The lowest BCUT2D eigenvalue weighted by molar-refractivity contribution is -0.129. The zero-order valence-corrected chi connectivity index (χ0v) is 23.6. The zero-order valence-electron chi connectivity index (χ0n) is 22.8. The number of carbonyl (C=O) groups excluding carboxylic acids is 1. The van der Waals surface area contributed by atoms with Crippen molar-refractivity contribution in [1.29, 1.82) is 0 Å². The Bertz CT molecular complexity index is 1290. The van der Waals surface area contributed by atoms with Gasteiger partial charge in [0, 0.05) is 50.5 Å². The smallest absolute Gasteiger partial charge is 0.257 e. The van der Waals surface area contributed by atoms with Crippen LogP contribution in [0.15, 0.2) is 52.4 Å². The standard InChI is InChI=1S/C29H36FN3O4S/c1-20-24(18-21-9-12-23(30)13-10-21)28(35)33(3)29(31-20)38-17-7-6-8-27(34)32(2)16-15-22-11-14-25(36-4)26(19-22)37-5/h9-14,19H,6-8,15-18H2,1-5H3. The number of halogens is 1. The first-order chi connectivity index (χ1) is 18.2. The first-order valence-electron chi connectivity index (χ1n) is 12.6. The van der Waals surface area contributed by atoms with Gasteiger partial charge < -0.3 is 14.4 Å². The molecule has 7 nitrogen and oxygen atoms in total. The van der Waals surface area contributed by atoms with Crippen molar-refractivity contribution in [2.45, 2.75) is 44.2 Å². The summed E-state index contributed by atoms with van der Waals surface area (Å²) in [5.41, 5.74) is 3.16. The van der Waals surface area contributed by atoms with E-state index in [0.717, 1.165) is 36.1 Å². The maximum Gasteiger partial charge on any atom is 0.257 e.